The first-order valence-corrected chi connectivity index (χ1v) is 7.85. The summed E-state index contributed by atoms with van der Waals surface area (Å²) in [6, 6.07) is 6.51. The fraction of sp³-hybridized carbons (Fsp3) is 0.667. The Kier molecular flexibility index (Phi) is 6.67. The molecular formula is C18H29FO. The fourth-order valence-electron chi connectivity index (χ4n) is 2.66. The molecule has 1 nitrogen and oxygen atoms in total. The highest BCUT2D eigenvalue weighted by molar-refractivity contribution is 5.25. The maximum absolute atomic E-state index is 13.0. The van der Waals surface area contributed by atoms with E-state index in [1.807, 2.05) is 13.8 Å². The minimum absolute atomic E-state index is 0.228. The Bertz CT molecular complexity index is 383. The van der Waals surface area contributed by atoms with Gasteiger partial charge in [-0.05, 0) is 30.0 Å². The normalized spacial score (nSPS) is 15.1. The van der Waals surface area contributed by atoms with Gasteiger partial charge in [-0.3, -0.25) is 0 Å². The van der Waals surface area contributed by atoms with Crippen LogP contribution in [0, 0.1) is 11.7 Å². The molecule has 1 aromatic carbocycles. The number of unbranched alkanes of at least 4 members (excludes halogenated alkanes) is 1. The predicted octanol–water partition coefficient (Wildman–Crippen LogP) is 5.07. The third-order valence-corrected chi connectivity index (χ3v) is 4.52. The molecule has 0 amide bonds. The molecule has 0 saturated heterocycles. The van der Waals surface area contributed by atoms with Crippen molar-refractivity contribution in [2.75, 3.05) is 0 Å². The summed E-state index contributed by atoms with van der Waals surface area (Å²) in [7, 11) is 0. The number of hydrogen-bond donors (Lipinski definition) is 1. The summed E-state index contributed by atoms with van der Waals surface area (Å²) in [6.07, 6.45) is 5.15. The van der Waals surface area contributed by atoms with Crippen molar-refractivity contribution in [1.29, 1.82) is 0 Å². The Hall–Kier alpha value is -0.890. The van der Waals surface area contributed by atoms with E-state index in [0.29, 0.717) is 5.92 Å². The highest BCUT2D eigenvalue weighted by Crippen LogP contribution is 2.32. The molecule has 2 atom stereocenters. The van der Waals surface area contributed by atoms with E-state index in [1.54, 1.807) is 12.1 Å². The van der Waals surface area contributed by atoms with E-state index in [1.165, 1.54) is 31.4 Å². The monoisotopic (exact) mass is 280 g/mol. The molecule has 0 aliphatic carbocycles. The molecule has 0 saturated carbocycles. The van der Waals surface area contributed by atoms with Crippen molar-refractivity contribution in [2.45, 2.75) is 71.3 Å². The minimum atomic E-state index is -0.394. The van der Waals surface area contributed by atoms with Crippen LogP contribution in [-0.2, 0) is 5.41 Å². The van der Waals surface area contributed by atoms with E-state index in [9.17, 15) is 9.50 Å². The molecule has 0 aromatic heterocycles. The van der Waals surface area contributed by atoms with Gasteiger partial charge in [0.2, 0.25) is 0 Å². The molecule has 114 valence electrons. The van der Waals surface area contributed by atoms with Crippen molar-refractivity contribution in [3.63, 3.8) is 0 Å². The van der Waals surface area contributed by atoms with Crippen molar-refractivity contribution in [3.8, 4) is 0 Å². The number of aliphatic hydroxyl groups is 1. The average Bonchev–Trinajstić information content (AvgIpc) is 2.43. The standard InChI is InChI=1S/C18H29FO/c1-5-7-8-14(6-2)13-17(20)18(3,4)15-9-11-16(19)12-10-15/h9-12,14,17,20H,5-8,13H2,1-4H3. The maximum Gasteiger partial charge on any atom is 0.123 e. The van der Waals surface area contributed by atoms with Crippen LogP contribution in [-0.4, -0.2) is 11.2 Å². The summed E-state index contributed by atoms with van der Waals surface area (Å²) >= 11 is 0. The second-order valence-corrected chi connectivity index (χ2v) is 6.40. The van der Waals surface area contributed by atoms with E-state index in [2.05, 4.69) is 13.8 Å². The summed E-state index contributed by atoms with van der Waals surface area (Å²) in [5.41, 5.74) is 0.657. The van der Waals surface area contributed by atoms with Crippen LogP contribution in [0.4, 0.5) is 4.39 Å². The Balaban J connectivity index is 2.72. The highest BCUT2D eigenvalue weighted by atomic mass is 19.1. The van der Waals surface area contributed by atoms with Crippen molar-refractivity contribution < 1.29 is 9.50 Å². The van der Waals surface area contributed by atoms with Gasteiger partial charge < -0.3 is 5.11 Å². The van der Waals surface area contributed by atoms with Crippen molar-refractivity contribution in [1.82, 2.24) is 0 Å². The van der Waals surface area contributed by atoms with Crippen LogP contribution in [0.1, 0.15) is 65.4 Å². The van der Waals surface area contributed by atoms with Gasteiger partial charge in [-0.15, -0.1) is 0 Å². The summed E-state index contributed by atoms with van der Waals surface area (Å²) in [5.74, 6) is 0.345. The third-order valence-electron chi connectivity index (χ3n) is 4.52. The molecule has 0 spiro atoms. The quantitative estimate of drug-likeness (QED) is 0.704. The van der Waals surface area contributed by atoms with Crippen LogP contribution in [0.15, 0.2) is 24.3 Å². The molecule has 2 unspecified atom stereocenters. The summed E-state index contributed by atoms with van der Waals surface area (Å²) in [6.45, 7) is 8.47. The van der Waals surface area contributed by atoms with E-state index in [4.69, 9.17) is 0 Å². The number of hydrogen-bond acceptors (Lipinski definition) is 1. The zero-order valence-corrected chi connectivity index (χ0v) is 13.3. The summed E-state index contributed by atoms with van der Waals surface area (Å²) in [4.78, 5) is 0. The van der Waals surface area contributed by atoms with Gasteiger partial charge in [-0.25, -0.2) is 4.39 Å². The van der Waals surface area contributed by atoms with Crippen molar-refractivity contribution in [2.24, 2.45) is 5.92 Å². The Morgan fingerprint density at radius 2 is 1.75 bits per heavy atom. The van der Waals surface area contributed by atoms with Crippen molar-refractivity contribution in [3.05, 3.63) is 35.6 Å². The van der Waals surface area contributed by atoms with Gasteiger partial charge in [-0.1, -0.05) is 65.5 Å². The van der Waals surface area contributed by atoms with Crippen LogP contribution in [0.2, 0.25) is 0 Å². The maximum atomic E-state index is 13.0. The molecule has 0 aliphatic heterocycles. The molecule has 0 heterocycles. The lowest BCUT2D eigenvalue weighted by Gasteiger charge is -2.33. The van der Waals surface area contributed by atoms with Gasteiger partial charge in [-0.2, -0.15) is 0 Å². The van der Waals surface area contributed by atoms with E-state index in [-0.39, 0.29) is 11.2 Å². The minimum Gasteiger partial charge on any atom is -0.392 e. The zero-order chi connectivity index (χ0) is 15.2. The van der Waals surface area contributed by atoms with Crippen LogP contribution >= 0.6 is 0 Å². The first-order valence-electron chi connectivity index (χ1n) is 7.85. The molecule has 2 heteroatoms. The van der Waals surface area contributed by atoms with Gasteiger partial charge in [0.1, 0.15) is 5.82 Å². The topological polar surface area (TPSA) is 20.2 Å². The molecule has 1 aromatic rings. The van der Waals surface area contributed by atoms with Gasteiger partial charge >= 0.3 is 0 Å². The number of aliphatic hydroxyl groups excluding tert-OH is 1. The molecular weight excluding hydrogens is 251 g/mol. The lowest BCUT2D eigenvalue weighted by atomic mass is 9.75. The second kappa shape index (κ2) is 7.78. The third kappa shape index (κ3) is 4.59. The van der Waals surface area contributed by atoms with Crippen LogP contribution < -0.4 is 0 Å². The van der Waals surface area contributed by atoms with Gasteiger partial charge in [0.25, 0.3) is 0 Å². The molecule has 0 radical (unpaired) electrons. The molecule has 0 fully saturated rings. The molecule has 1 rings (SSSR count). The summed E-state index contributed by atoms with van der Waals surface area (Å²) in [5, 5.41) is 10.6. The number of halogens is 1. The zero-order valence-electron chi connectivity index (χ0n) is 13.3. The predicted molar refractivity (Wildman–Crippen MR) is 83.4 cm³/mol. The smallest absolute Gasteiger partial charge is 0.123 e. The molecule has 20 heavy (non-hydrogen) atoms. The van der Waals surface area contributed by atoms with Crippen molar-refractivity contribution >= 4 is 0 Å². The van der Waals surface area contributed by atoms with E-state index in [0.717, 1.165) is 18.4 Å². The molecule has 1 N–H and O–H groups in total. The van der Waals surface area contributed by atoms with Gasteiger partial charge in [0.15, 0.2) is 0 Å². The first-order chi connectivity index (χ1) is 9.41. The lowest BCUT2D eigenvalue weighted by molar-refractivity contribution is 0.0715. The Labute approximate surface area is 123 Å². The number of rotatable bonds is 8. The number of benzene rings is 1. The fourth-order valence-corrected chi connectivity index (χ4v) is 2.66. The van der Waals surface area contributed by atoms with Crippen LogP contribution in [0.3, 0.4) is 0 Å². The van der Waals surface area contributed by atoms with E-state index >= 15 is 0 Å². The first kappa shape index (κ1) is 17.2. The van der Waals surface area contributed by atoms with Gasteiger partial charge in [0.05, 0.1) is 6.10 Å². The van der Waals surface area contributed by atoms with E-state index < -0.39 is 6.10 Å². The molecule has 0 aliphatic rings. The summed E-state index contributed by atoms with van der Waals surface area (Å²) < 4.78 is 13.0. The second-order valence-electron chi connectivity index (χ2n) is 6.40. The lowest BCUT2D eigenvalue weighted by Crippen LogP contribution is -2.35. The largest absolute Gasteiger partial charge is 0.392 e. The highest BCUT2D eigenvalue weighted by Gasteiger charge is 2.31. The molecule has 0 bridgehead atoms. The Morgan fingerprint density at radius 3 is 2.25 bits per heavy atom. The van der Waals surface area contributed by atoms with Gasteiger partial charge in [0, 0.05) is 5.41 Å². The SMILES string of the molecule is CCCCC(CC)CC(O)C(C)(C)c1ccc(F)cc1. The van der Waals surface area contributed by atoms with Crippen LogP contribution in [0.25, 0.3) is 0 Å². The Morgan fingerprint density at radius 1 is 1.15 bits per heavy atom. The average molecular weight is 280 g/mol. The van der Waals surface area contributed by atoms with Crippen LogP contribution in [0.5, 0.6) is 0 Å².